The third-order valence-corrected chi connectivity index (χ3v) is 2.86. The predicted molar refractivity (Wildman–Crippen MR) is 66.6 cm³/mol. The molecule has 7 nitrogen and oxygen atoms in total. The van der Waals surface area contributed by atoms with Crippen LogP contribution in [0.25, 0.3) is 17.2 Å². The van der Waals surface area contributed by atoms with E-state index in [1.54, 1.807) is 23.8 Å². The number of hydrogen-bond donors (Lipinski definition) is 2. The van der Waals surface area contributed by atoms with Crippen LogP contribution in [-0.4, -0.2) is 35.6 Å². The highest BCUT2D eigenvalue weighted by molar-refractivity contribution is 5.70. The molecule has 19 heavy (non-hydrogen) atoms. The number of aromatic amines is 1. The van der Waals surface area contributed by atoms with E-state index in [4.69, 9.17) is 5.11 Å². The lowest BCUT2D eigenvalue weighted by molar-refractivity contribution is -0.136. The Morgan fingerprint density at radius 1 is 1.37 bits per heavy atom. The molecule has 3 aromatic heterocycles. The van der Waals surface area contributed by atoms with Gasteiger partial charge in [-0.25, -0.2) is 9.50 Å². The van der Waals surface area contributed by atoms with Crippen molar-refractivity contribution in [3.8, 4) is 11.4 Å². The van der Waals surface area contributed by atoms with Crippen LogP contribution in [0.2, 0.25) is 0 Å². The van der Waals surface area contributed by atoms with E-state index in [0.717, 1.165) is 5.56 Å². The van der Waals surface area contributed by atoms with Crippen molar-refractivity contribution in [2.75, 3.05) is 0 Å². The van der Waals surface area contributed by atoms with Gasteiger partial charge in [0.05, 0.1) is 17.8 Å². The Morgan fingerprint density at radius 3 is 2.79 bits per heavy atom. The van der Waals surface area contributed by atoms with Crippen molar-refractivity contribution in [3.05, 3.63) is 35.9 Å². The van der Waals surface area contributed by atoms with E-state index in [-0.39, 0.29) is 6.42 Å². The number of aromatic nitrogens is 5. The second-order valence-electron chi connectivity index (χ2n) is 4.16. The van der Waals surface area contributed by atoms with Gasteiger partial charge in [-0.15, -0.1) is 0 Å². The van der Waals surface area contributed by atoms with Gasteiger partial charge >= 0.3 is 5.97 Å². The Hall–Kier alpha value is -2.70. The Balaban J connectivity index is 2.12. The summed E-state index contributed by atoms with van der Waals surface area (Å²) >= 11 is 0. The first-order chi connectivity index (χ1) is 9.15. The summed E-state index contributed by atoms with van der Waals surface area (Å²) in [5, 5.41) is 12.0. The van der Waals surface area contributed by atoms with Crippen LogP contribution in [0.1, 0.15) is 11.4 Å². The zero-order chi connectivity index (χ0) is 13.4. The third-order valence-electron chi connectivity index (χ3n) is 2.86. The minimum atomic E-state index is -0.898. The van der Waals surface area contributed by atoms with E-state index in [1.165, 1.54) is 0 Å². The van der Waals surface area contributed by atoms with Gasteiger partial charge < -0.3 is 5.11 Å². The average molecular weight is 257 g/mol. The van der Waals surface area contributed by atoms with Crippen LogP contribution < -0.4 is 0 Å². The molecule has 3 rings (SSSR count). The van der Waals surface area contributed by atoms with Crippen LogP contribution in [-0.2, 0) is 11.2 Å². The Bertz CT molecular complexity index is 744. The molecule has 0 aromatic carbocycles. The summed E-state index contributed by atoms with van der Waals surface area (Å²) in [6.45, 7) is 1.77. The van der Waals surface area contributed by atoms with Gasteiger partial charge in [0.1, 0.15) is 0 Å². The summed E-state index contributed by atoms with van der Waals surface area (Å²) in [6, 6.07) is 3.64. The van der Waals surface area contributed by atoms with Crippen molar-refractivity contribution < 1.29 is 9.90 Å². The van der Waals surface area contributed by atoms with Crippen molar-refractivity contribution in [2.45, 2.75) is 13.3 Å². The summed E-state index contributed by atoms with van der Waals surface area (Å²) in [5.41, 5.74) is 2.15. The van der Waals surface area contributed by atoms with E-state index >= 15 is 0 Å². The van der Waals surface area contributed by atoms with Crippen LogP contribution in [0.4, 0.5) is 0 Å². The fourth-order valence-electron chi connectivity index (χ4n) is 1.96. The minimum absolute atomic E-state index is 0.0923. The van der Waals surface area contributed by atoms with Crippen molar-refractivity contribution in [1.82, 2.24) is 24.6 Å². The number of rotatable bonds is 3. The molecule has 96 valence electrons. The molecule has 0 aliphatic carbocycles. The first kappa shape index (κ1) is 11.4. The molecule has 0 spiro atoms. The number of pyridine rings is 1. The fourth-order valence-corrected chi connectivity index (χ4v) is 1.96. The van der Waals surface area contributed by atoms with Crippen LogP contribution >= 0.6 is 0 Å². The minimum Gasteiger partial charge on any atom is -0.481 e. The van der Waals surface area contributed by atoms with Crippen molar-refractivity contribution in [3.63, 3.8) is 0 Å². The molecule has 0 radical (unpaired) electrons. The molecule has 0 unspecified atom stereocenters. The number of nitrogens with zero attached hydrogens (tertiary/aromatic N) is 4. The first-order valence-corrected chi connectivity index (χ1v) is 5.71. The summed E-state index contributed by atoms with van der Waals surface area (Å²) in [6.07, 6.45) is 3.25. The van der Waals surface area contributed by atoms with Crippen LogP contribution in [0.3, 0.4) is 0 Å². The molecule has 0 bridgehead atoms. The van der Waals surface area contributed by atoms with Crippen LogP contribution in [0.15, 0.2) is 24.5 Å². The highest BCUT2D eigenvalue weighted by Gasteiger charge is 2.16. The van der Waals surface area contributed by atoms with E-state index in [9.17, 15) is 4.79 Å². The predicted octanol–water partition coefficient (Wildman–Crippen LogP) is 1.05. The van der Waals surface area contributed by atoms with Gasteiger partial charge in [0.2, 0.25) is 0 Å². The highest BCUT2D eigenvalue weighted by atomic mass is 16.4. The molecule has 0 saturated heterocycles. The van der Waals surface area contributed by atoms with Crippen LogP contribution in [0.5, 0.6) is 0 Å². The number of carboxylic acids is 1. The normalized spacial score (nSPS) is 11.0. The number of imidazole rings is 1. The van der Waals surface area contributed by atoms with E-state index in [2.05, 4.69) is 20.1 Å². The lowest BCUT2D eigenvalue weighted by atomic mass is 10.2. The lowest BCUT2D eigenvalue weighted by Crippen LogP contribution is -2.05. The Labute approximate surface area is 107 Å². The number of aliphatic carboxylic acids is 1. The maximum absolute atomic E-state index is 10.9. The molecule has 0 fully saturated rings. The van der Waals surface area contributed by atoms with Gasteiger partial charge in [0.25, 0.3) is 5.78 Å². The van der Waals surface area contributed by atoms with E-state index < -0.39 is 5.97 Å². The number of hydrogen-bond acceptors (Lipinski definition) is 4. The molecule has 2 N–H and O–H groups in total. The summed E-state index contributed by atoms with van der Waals surface area (Å²) < 4.78 is 1.61. The SMILES string of the molecule is Cc1nc2nc(-c3ccncc3)[nH]n2c1CC(=O)O. The molecule has 3 aromatic rings. The molecule has 3 heterocycles. The van der Waals surface area contributed by atoms with Gasteiger partial charge in [-0.05, 0) is 19.1 Å². The smallest absolute Gasteiger partial charge is 0.309 e. The van der Waals surface area contributed by atoms with Gasteiger partial charge in [-0.2, -0.15) is 4.98 Å². The highest BCUT2D eigenvalue weighted by Crippen LogP contribution is 2.17. The second-order valence-corrected chi connectivity index (χ2v) is 4.16. The first-order valence-electron chi connectivity index (χ1n) is 5.71. The van der Waals surface area contributed by atoms with Crippen molar-refractivity contribution in [2.24, 2.45) is 0 Å². The van der Waals surface area contributed by atoms with Crippen LogP contribution in [0, 0.1) is 6.92 Å². The number of aryl methyl sites for hydroxylation is 1. The maximum Gasteiger partial charge on any atom is 0.309 e. The molecule has 0 aliphatic rings. The van der Waals surface area contributed by atoms with Gasteiger partial charge in [0.15, 0.2) is 5.82 Å². The van der Waals surface area contributed by atoms with Crippen molar-refractivity contribution in [1.29, 1.82) is 0 Å². The summed E-state index contributed by atoms with van der Waals surface area (Å²) in [7, 11) is 0. The largest absolute Gasteiger partial charge is 0.481 e. The van der Waals surface area contributed by atoms with Gasteiger partial charge in [-0.3, -0.25) is 14.9 Å². The number of carbonyl (C=O) groups is 1. The zero-order valence-electron chi connectivity index (χ0n) is 10.2. The standard InChI is InChI=1S/C12H11N5O2/c1-7-9(6-10(18)19)17-12(14-7)15-11(16-17)8-2-4-13-5-3-8/h2-5H,6H2,1H3,(H,18,19)(H,14,15,16). The molecule has 0 atom stereocenters. The lowest BCUT2D eigenvalue weighted by Gasteiger charge is -1.97. The van der Waals surface area contributed by atoms with E-state index in [0.29, 0.717) is 23.0 Å². The molecule has 0 aliphatic heterocycles. The Morgan fingerprint density at radius 2 is 2.11 bits per heavy atom. The molecule has 7 heteroatoms. The number of carboxylic acid groups (broad SMARTS) is 1. The molecule has 0 saturated carbocycles. The molecular weight excluding hydrogens is 246 g/mol. The zero-order valence-corrected chi connectivity index (χ0v) is 10.2. The average Bonchev–Trinajstić information content (AvgIpc) is 2.90. The van der Waals surface area contributed by atoms with Gasteiger partial charge in [-0.1, -0.05) is 0 Å². The number of nitrogens with one attached hydrogen (secondary N) is 1. The van der Waals surface area contributed by atoms with Crippen molar-refractivity contribution >= 4 is 11.7 Å². The monoisotopic (exact) mass is 257 g/mol. The Kier molecular flexibility index (Phi) is 2.52. The quantitative estimate of drug-likeness (QED) is 0.731. The van der Waals surface area contributed by atoms with Gasteiger partial charge in [0, 0.05) is 18.0 Å². The second kappa shape index (κ2) is 4.20. The summed E-state index contributed by atoms with van der Waals surface area (Å²) in [4.78, 5) is 23.4. The maximum atomic E-state index is 10.9. The topological polar surface area (TPSA) is 96.2 Å². The fraction of sp³-hybridized carbons (Fsp3) is 0.167. The molecular formula is C12H11N5O2. The number of fused-ring (bicyclic) bond motifs is 1. The molecule has 0 amide bonds. The van der Waals surface area contributed by atoms with E-state index in [1.807, 2.05) is 12.1 Å². The third kappa shape index (κ3) is 1.95. The summed E-state index contributed by atoms with van der Waals surface area (Å²) in [5.74, 6) is 0.210. The number of H-pyrrole nitrogens is 1.